The van der Waals surface area contributed by atoms with E-state index in [4.69, 9.17) is 9.47 Å². The monoisotopic (exact) mass is 485 g/mol. The lowest BCUT2D eigenvalue weighted by molar-refractivity contribution is -0.123. The number of nitrogens with zero attached hydrogens (tertiary/aromatic N) is 2. The Bertz CT molecular complexity index is 847. The van der Waals surface area contributed by atoms with Crippen molar-refractivity contribution in [3.8, 4) is 5.75 Å². The van der Waals surface area contributed by atoms with E-state index in [1.165, 1.54) is 12.1 Å². The molecule has 0 aromatic heterocycles. The summed E-state index contributed by atoms with van der Waals surface area (Å²) in [5.74, 6) is 0.187. The lowest BCUT2D eigenvalue weighted by Gasteiger charge is -2.25. The van der Waals surface area contributed by atoms with Gasteiger partial charge in [-0.2, -0.15) is 5.10 Å². The molecule has 3 rings (SSSR count). The molecule has 0 unspecified atom stereocenters. The molecule has 6 nitrogen and oxygen atoms in total. The zero-order valence-corrected chi connectivity index (χ0v) is 18.0. The minimum Gasteiger partial charge on any atom is -0.488 e. The van der Waals surface area contributed by atoms with Gasteiger partial charge in [-0.1, -0.05) is 12.1 Å². The Kier molecular flexibility index (Phi) is 9.53. The number of hydrazone groups is 1. The van der Waals surface area contributed by atoms with Crippen LogP contribution in [0.15, 0.2) is 52.0 Å². The third-order valence-electron chi connectivity index (χ3n) is 4.11. The maximum Gasteiger partial charge on any atom is 0.254 e. The van der Waals surface area contributed by atoms with Gasteiger partial charge in [0.15, 0.2) is 0 Å². The van der Waals surface area contributed by atoms with Gasteiger partial charge in [0.1, 0.15) is 18.2 Å². The SMILES string of the molecule is Cl.O=C(CN1CCOCC1)NN=Cc1ccc(OCc2cccc(F)c2)c(Br)c1. The van der Waals surface area contributed by atoms with Gasteiger partial charge in [0.2, 0.25) is 0 Å². The predicted molar refractivity (Wildman–Crippen MR) is 115 cm³/mol. The van der Waals surface area contributed by atoms with Crippen molar-refractivity contribution in [3.63, 3.8) is 0 Å². The molecule has 2 aromatic rings. The third-order valence-corrected chi connectivity index (χ3v) is 4.73. The molecular weight excluding hydrogens is 465 g/mol. The number of amides is 1. The second-order valence-corrected chi connectivity index (χ2v) is 7.14. The van der Waals surface area contributed by atoms with E-state index < -0.39 is 0 Å². The van der Waals surface area contributed by atoms with Crippen molar-refractivity contribution in [1.29, 1.82) is 0 Å². The first-order valence-electron chi connectivity index (χ1n) is 8.89. The summed E-state index contributed by atoms with van der Waals surface area (Å²) in [6.07, 6.45) is 1.57. The van der Waals surface area contributed by atoms with Crippen LogP contribution in [-0.2, 0) is 16.1 Å². The van der Waals surface area contributed by atoms with Crippen molar-refractivity contribution in [2.45, 2.75) is 6.61 Å². The van der Waals surface area contributed by atoms with Gasteiger partial charge in [0, 0.05) is 13.1 Å². The fourth-order valence-corrected chi connectivity index (χ4v) is 3.19. The summed E-state index contributed by atoms with van der Waals surface area (Å²) in [5, 5.41) is 4.00. The van der Waals surface area contributed by atoms with E-state index in [9.17, 15) is 9.18 Å². The highest BCUT2D eigenvalue weighted by Gasteiger charge is 2.13. The van der Waals surface area contributed by atoms with Crippen LogP contribution in [0.25, 0.3) is 0 Å². The molecule has 0 radical (unpaired) electrons. The Hall–Kier alpha value is -2.00. The minimum atomic E-state index is -0.289. The fraction of sp³-hybridized carbons (Fsp3) is 0.300. The van der Waals surface area contributed by atoms with Gasteiger partial charge in [-0.05, 0) is 57.4 Å². The molecule has 0 aliphatic carbocycles. The smallest absolute Gasteiger partial charge is 0.254 e. The van der Waals surface area contributed by atoms with Crippen molar-refractivity contribution in [1.82, 2.24) is 10.3 Å². The van der Waals surface area contributed by atoms with E-state index in [-0.39, 0.29) is 30.7 Å². The van der Waals surface area contributed by atoms with Crippen molar-refractivity contribution in [2.24, 2.45) is 5.10 Å². The van der Waals surface area contributed by atoms with Gasteiger partial charge in [0.05, 0.1) is 30.4 Å². The zero-order valence-electron chi connectivity index (χ0n) is 15.6. The lowest BCUT2D eigenvalue weighted by Crippen LogP contribution is -2.42. The van der Waals surface area contributed by atoms with E-state index in [1.807, 2.05) is 17.0 Å². The number of rotatable bonds is 7. The number of ether oxygens (including phenoxy) is 2. The average molecular weight is 487 g/mol. The third kappa shape index (κ3) is 7.74. The molecule has 0 saturated carbocycles. The predicted octanol–water partition coefficient (Wildman–Crippen LogP) is 3.37. The van der Waals surface area contributed by atoms with E-state index >= 15 is 0 Å². The van der Waals surface area contributed by atoms with E-state index in [2.05, 4.69) is 26.5 Å². The molecule has 156 valence electrons. The summed E-state index contributed by atoms with van der Waals surface area (Å²) < 4.78 is 24.9. The van der Waals surface area contributed by atoms with Gasteiger partial charge in [-0.25, -0.2) is 9.82 Å². The van der Waals surface area contributed by atoms with Gasteiger partial charge in [-0.3, -0.25) is 9.69 Å². The quantitative estimate of drug-likeness (QED) is 0.481. The van der Waals surface area contributed by atoms with Gasteiger partial charge >= 0.3 is 0 Å². The number of carbonyl (C=O) groups excluding carboxylic acids is 1. The Morgan fingerprint density at radius 2 is 2.07 bits per heavy atom. The molecule has 1 amide bonds. The zero-order chi connectivity index (χ0) is 19.8. The number of nitrogens with one attached hydrogen (secondary N) is 1. The normalized spacial score (nSPS) is 14.4. The minimum absolute atomic E-state index is 0. The molecule has 1 saturated heterocycles. The highest BCUT2D eigenvalue weighted by atomic mass is 79.9. The molecule has 1 fully saturated rings. The molecular formula is C20H22BrClFN3O3. The highest BCUT2D eigenvalue weighted by Crippen LogP contribution is 2.26. The summed E-state index contributed by atoms with van der Waals surface area (Å²) in [6.45, 7) is 3.37. The molecule has 29 heavy (non-hydrogen) atoms. The van der Waals surface area contributed by atoms with Crippen molar-refractivity contribution < 1.29 is 18.7 Å². The maximum atomic E-state index is 13.2. The van der Waals surface area contributed by atoms with Crippen molar-refractivity contribution >= 4 is 40.5 Å². The van der Waals surface area contributed by atoms with Crippen LogP contribution in [0.4, 0.5) is 4.39 Å². The van der Waals surface area contributed by atoms with Crippen LogP contribution in [0.3, 0.4) is 0 Å². The topological polar surface area (TPSA) is 63.2 Å². The van der Waals surface area contributed by atoms with Crippen LogP contribution in [0.5, 0.6) is 5.75 Å². The fourth-order valence-electron chi connectivity index (χ4n) is 2.68. The van der Waals surface area contributed by atoms with Gasteiger partial charge < -0.3 is 9.47 Å². The first kappa shape index (κ1) is 23.3. The standard InChI is InChI=1S/C20H21BrFN3O3.ClH/c21-18-11-15(12-23-24-20(26)13-25-6-8-27-9-7-25)4-5-19(18)28-14-16-2-1-3-17(22)10-16;/h1-5,10-12H,6-9,13-14H2,(H,24,26);1H. The molecule has 1 N–H and O–H groups in total. The van der Waals surface area contributed by atoms with E-state index in [1.54, 1.807) is 24.4 Å². The first-order valence-corrected chi connectivity index (χ1v) is 9.68. The number of halogens is 3. The maximum absolute atomic E-state index is 13.2. The van der Waals surface area contributed by atoms with Gasteiger partial charge in [-0.15, -0.1) is 12.4 Å². The van der Waals surface area contributed by atoms with Crippen molar-refractivity contribution in [2.75, 3.05) is 32.8 Å². The Morgan fingerprint density at radius 3 is 2.79 bits per heavy atom. The molecule has 1 heterocycles. The number of benzene rings is 2. The Balaban J connectivity index is 0.00000300. The number of hydrogen-bond acceptors (Lipinski definition) is 5. The highest BCUT2D eigenvalue weighted by molar-refractivity contribution is 9.10. The Morgan fingerprint density at radius 1 is 1.28 bits per heavy atom. The molecule has 0 spiro atoms. The summed E-state index contributed by atoms with van der Waals surface area (Å²) >= 11 is 3.46. The van der Waals surface area contributed by atoms with E-state index in [0.29, 0.717) is 25.5 Å². The van der Waals surface area contributed by atoms with Crippen LogP contribution in [-0.4, -0.2) is 49.9 Å². The number of morpholine rings is 1. The second-order valence-electron chi connectivity index (χ2n) is 6.29. The van der Waals surface area contributed by atoms with Crippen LogP contribution < -0.4 is 10.2 Å². The van der Waals surface area contributed by atoms with Crippen LogP contribution in [0.1, 0.15) is 11.1 Å². The number of carbonyl (C=O) groups is 1. The summed E-state index contributed by atoms with van der Waals surface area (Å²) in [4.78, 5) is 13.9. The Labute approximate surface area is 183 Å². The molecule has 2 aromatic carbocycles. The van der Waals surface area contributed by atoms with Crippen LogP contribution in [0.2, 0.25) is 0 Å². The molecule has 9 heteroatoms. The van der Waals surface area contributed by atoms with E-state index in [0.717, 1.165) is 28.7 Å². The first-order chi connectivity index (χ1) is 13.6. The van der Waals surface area contributed by atoms with Crippen LogP contribution in [0, 0.1) is 5.82 Å². The molecule has 1 aliphatic heterocycles. The van der Waals surface area contributed by atoms with Crippen LogP contribution >= 0.6 is 28.3 Å². The lowest BCUT2D eigenvalue weighted by atomic mass is 10.2. The summed E-state index contributed by atoms with van der Waals surface area (Å²) in [6, 6.07) is 11.7. The summed E-state index contributed by atoms with van der Waals surface area (Å²) in [7, 11) is 0. The van der Waals surface area contributed by atoms with Crippen molar-refractivity contribution in [3.05, 3.63) is 63.9 Å². The number of hydrogen-bond donors (Lipinski definition) is 1. The average Bonchev–Trinajstić information content (AvgIpc) is 2.68. The molecule has 0 bridgehead atoms. The molecule has 0 atom stereocenters. The summed E-state index contributed by atoms with van der Waals surface area (Å²) in [5.41, 5.74) is 4.08. The van der Waals surface area contributed by atoms with Gasteiger partial charge in [0.25, 0.3) is 5.91 Å². The largest absolute Gasteiger partial charge is 0.488 e. The second kappa shape index (κ2) is 11.9. The molecule has 1 aliphatic rings.